The Hall–Kier alpha value is -2.71. The summed E-state index contributed by atoms with van der Waals surface area (Å²) < 4.78 is 34.5. The molecule has 1 aromatic heterocycles. The molecule has 146 valence electrons. The second-order valence-corrected chi connectivity index (χ2v) is 8.72. The summed E-state index contributed by atoms with van der Waals surface area (Å²) in [5.41, 5.74) is 2.58. The van der Waals surface area contributed by atoms with Gasteiger partial charge in [0.15, 0.2) is 0 Å². The summed E-state index contributed by atoms with van der Waals surface area (Å²) >= 11 is 0. The van der Waals surface area contributed by atoms with Crippen molar-refractivity contribution in [2.75, 3.05) is 19.7 Å². The predicted molar refractivity (Wildman–Crippen MR) is 106 cm³/mol. The molecule has 0 amide bonds. The summed E-state index contributed by atoms with van der Waals surface area (Å²) in [7, 11) is -3.53. The van der Waals surface area contributed by atoms with E-state index in [1.807, 2.05) is 50.4 Å². The predicted octanol–water partition coefficient (Wildman–Crippen LogP) is 2.90. The van der Waals surface area contributed by atoms with E-state index in [0.717, 1.165) is 16.8 Å². The van der Waals surface area contributed by atoms with E-state index in [0.29, 0.717) is 25.4 Å². The van der Waals surface area contributed by atoms with Crippen LogP contribution in [0, 0.1) is 6.92 Å². The number of hydrogen-bond donors (Lipinski definition) is 0. The highest BCUT2D eigenvalue weighted by Gasteiger charge is 2.38. The Morgan fingerprint density at radius 2 is 1.89 bits per heavy atom. The van der Waals surface area contributed by atoms with Crippen LogP contribution in [0.2, 0.25) is 0 Å². The van der Waals surface area contributed by atoms with Crippen LogP contribution in [-0.2, 0) is 10.0 Å². The molecule has 0 bridgehead atoms. The van der Waals surface area contributed by atoms with Crippen molar-refractivity contribution >= 4 is 10.0 Å². The van der Waals surface area contributed by atoms with Crippen molar-refractivity contribution in [3.05, 3.63) is 60.3 Å². The highest BCUT2D eigenvalue weighted by Crippen LogP contribution is 2.30. The highest BCUT2D eigenvalue weighted by atomic mass is 32.2. The Balaban J connectivity index is 1.46. The molecular formula is C20H22N4O3S. The van der Waals surface area contributed by atoms with Crippen LogP contribution in [0.5, 0.6) is 5.75 Å². The monoisotopic (exact) mass is 398 g/mol. The number of nitrogens with zero attached hydrogens (tertiary/aromatic N) is 4. The molecule has 2 heterocycles. The van der Waals surface area contributed by atoms with Gasteiger partial charge in [-0.25, -0.2) is 13.1 Å². The number of rotatable bonds is 6. The lowest BCUT2D eigenvalue weighted by atomic mass is 10.1. The van der Waals surface area contributed by atoms with Crippen LogP contribution in [0.25, 0.3) is 11.3 Å². The summed E-state index contributed by atoms with van der Waals surface area (Å²) in [5, 5.41) is 8.38. The minimum Gasteiger partial charge on any atom is -0.494 e. The van der Waals surface area contributed by atoms with Gasteiger partial charge in [0.05, 0.1) is 23.7 Å². The molecule has 0 N–H and O–H groups in total. The average molecular weight is 398 g/mol. The van der Waals surface area contributed by atoms with E-state index in [-0.39, 0.29) is 10.9 Å². The molecule has 28 heavy (non-hydrogen) atoms. The smallest absolute Gasteiger partial charge is 0.243 e. The number of hydrogen-bond acceptors (Lipinski definition) is 5. The summed E-state index contributed by atoms with van der Waals surface area (Å²) in [5.74, 6) is 0.707. The molecule has 0 atom stereocenters. The first-order valence-corrected chi connectivity index (χ1v) is 10.6. The van der Waals surface area contributed by atoms with Gasteiger partial charge in [0.2, 0.25) is 10.0 Å². The van der Waals surface area contributed by atoms with Gasteiger partial charge in [-0.3, -0.25) is 0 Å². The van der Waals surface area contributed by atoms with Gasteiger partial charge in [-0.1, -0.05) is 35.5 Å². The van der Waals surface area contributed by atoms with Crippen molar-refractivity contribution in [3.8, 4) is 17.0 Å². The molecule has 0 unspecified atom stereocenters. The number of aromatic nitrogens is 3. The van der Waals surface area contributed by atoms with Crippen LogP contribution in [-0.4, -0.2) is 47.4 Å². The van der Waals surface area contributed by atoms with Gasteiger partial charge < -0.3 is 4.74 Å². The van der Waals surface area contributed by atoms with E-state index in [2.05, 4.69) is 10.3 Å². The molecule has 0 aliphatic carbocycles. The summed E-state index contributed by atoms with van der Waals surface area (Å²) in [6.45, 7) is 5.06. The van der Waals surface area contributed by atoms with Gasteiger partial charge in [-0.05, 0) is 37.6 Å². The van der Waals surface area contributed by atoms with Crippen LogP contribution < -0.4 is 4.74 Å². The van der Waals surface area contributed by atoms with Gasteiger partial charge in [-0.2, -0.15) is 4.31 Å². The molecule has 4 rings (SSSR count). The fourth-order valence-electron chi connectivity index (χ4n) is 3.23. The molecule has 1 fully saturated rings. The van der Waals surface area contributed by atoms with Crippen LogP contribution >= 0.6 is 0 Å². The first-order valence-electron chi connectivity index (χ1n) is 9.20. The van der Waals surface area contributed by atoms with E-state index in [1.54, 1.807) is 22.9 Å². The van der Waals surface area contributed by atoms with Crippen molar-refractivity contribution in [2.24, 2.45) is 0 Å². The summed E-state index contributed by atoms with van der Waals surface area (Å²) in [6, 6.07) is 14.8. The van der Waals surface area contributed by atoms with E-state index in [4.69, 9.17) is 4.74 Å². The number of ether oxygens (including phenoxy) is 1. The van der Waals surface area contributed by atoms with Crippen LogP contribution in [0.3, 0.4) is 0 Å². The lowest BCUT2D eigenvalue weighted by Crippen LogP contribution is -2.50. The molecule has 1 aliphatic heterocycles. The Kier molecular flexibility index (Phi) is 4.91. The first-order chi connectivity index (χ1) is 13.5. The number of sulfonamides is 1. The fraction of sp³-hybridized carbons (Fsp3) is 0.300. The van der Waals surface area contributed by atoms with E-state index in [1.165, 1.54) is 4.31 Å². The number of aryl methyl sites for hydroxylation is 1. The summed E-state index contributed by atoms with van der Waals surface area (Å²) in [4.78, 5) is 0.287. The van der Waals surface area contributed by atoms with Gasteiger partial charge in [-0.15, -0.1) is 5.10 Å². The third-order valence-corrected chi connectivity index (χ3v) is 6.69. The normalized spacial score (nSPS) is 15.4. The van der Waals surface area contributed by atoms with Crippen molar-refractivity contribution < 1.29 is 13.2 Å². The van der Waals surface area contributed by atoms with E-state index < -0.39 is 10.0 Å². The lowest BCUT2D eigenvalue weighted by Gasteiger charge is -2.37. The van der Waals surface area contributed by atoms with Gasteiger partial charge in [0, 0.05) is 18.7 Å². The maximum absolute atomic E-state index is 12.9. The van der Waals surface area contributed by atoms with Crippen LogP contribution in [0.4, 0.5) is 0 Å². The molecule has 0 spiro atoms. The molecule has 8 heteroatoms. The first kappa shape index (κ1) is 18.6. The van der Waals surface area contributed by atoms with Crippen molar-refractivity contribution in [2.45, 2.75) is 24.8 Å². The second-order valence-electron chi connectivity index (χ2n) is 6.79. The van der Waals surface area contributed by atoms with E-state index >= 15 is 0 Å². The van der Waals surface area contributed by atoms with E-state index in [9.17, 15) is 8.42 Å². The third-order valence-electron chi connectivity index (χ3n) is 4.87. The zero-order valence-electron chi connectivity index (χ0n) is 15.8. The van der Waals surface area contributed by atoms with Crippen molar-refractivity contribution in [1.82, 2.24) is 19.3 Å². The largest absolute Gasteiger partial charge is 0.494 e. The quantitative estimate of drug-likeness (QED) is 0.638. The fourth-order valence-corrected chi connectivity index (χ4v) is 4.83. The van der Waals surface area contributed by atoms with Crippen molar-refractivity contribution in [1.29, 1.82) is 0 Å². The molecule has 3 aromatic rings. The SMILES string of the molecule is CCOc1ccc(S(=O)(=O)N2CC(n3cc(-c4ccccc4)nn3)C2)cc1C. The zero-order valence-corrected chi connectivity index (χ0v) is 16.6. The Morgan fingerprint density at radius 3 is 2.57 bits per heavy atom. The maximum Gasteiger partial charge on any atom is 0.243 e. The second kappa shape index (κ2) is 7.37. The number of benzene rings is 2. The van der Waals surface area contributed by atoms with Crippen LogP contribution in [0.1, 0.15) is 18.5 Å². The minimum absolute atomic E-state index is 0.0106. The molecule has 7 nitrogen and oxygen atoms in total. The van der Waals surface area contributed by atoms with Gasteiger partial charge in [0.25, 0.3) is 0 Å². The lowest BCUT2D eigenvalue weighted by molar-refractivity contribution is 0.189. The van der Waals surface area contributed by atoms with Crippen LogP contribution in [0.15, 0.2) is 59.6 Å². The average Bonchev–Trinajstić information content (AvgIpc) is 3.12. The molecule has 1 aliphatic rings. The Labute approximate surface area is 164 Å². The molecule has 0 saturated carbocycles. The molecule has 1 saturated heterocycles. The highest BCUT2D eigenvalue weighted by molar-refractivity contribution is 7.89. The van der Waals surface area contributed by atoms with Gasteiger partial charge >= 0.3 is 0 Å². The summed E-state index contributed by atoms with van der Waals surface area (Å²) in [6.07, 6.45) is 1.87. The molecular weight excluding hydrogens is 376 g/mol. The minimum atomic E-state index is -3.53. The third kappa shape index (κ3) is 3.41. The topological polar surface area (TPSA) is 77.3 Å². The zero-order chi connectivity index (χ0) is 19.7. The Bertz CT molecular complexity index is 1070. The molecule has 0 radical (unpaired) electrons. The van der Waals surface area contributed by atoms with Crippen molar-refractivity contribution in [3.63, 3.8) is 0 Å². The maximum atomic E-state index is 12.9. The standard InChI is InChI=1S/C20H22N4O3S/c1-3-27-20-10-9-18(11-15(20)2)28(25,26)23-12-17(13-23)24-14-19(21-22-24)16-7-5-4-6-8-16/h4-11,14,17H,3,12-13H2,1-2H3. The Morgan fingerprint density at radius 1 is 1.14 bits per heavy atom. The van der Waals surface area contributed by atoms with Gasteiger partial charge in [0.1, 0.15) is 11.4 Å². The molecule has 2 aromatic carbocycles.